The Kier molecular flexibility index (Phi) is 5.61. The average Bonchev–Trinajstić information content (AvgIpc) is 2.60. The summed E-state index contributed by atoms with van der Waals surface area (Å²) in [7, 11) is 0. The van der Waals surface area contributed by atoms with Gasteiger partial charge in [0.25, 0.3) is 0 Å². The maximum absolute atomic E-state index is 13.0. The number of carbonyl (C=O) groups excluding carboxylic acids is 2. The van der Waals surface area contributed by atoms with Gasteiger partial charge in [0.2, 0.25) is 11.8 Å². The summed E-state index contributed by atoms with van der Waals surface area (Å²) in [5, 5.41) is 3.54. The average molecular weight is 343 g/mol. The molecule has 1 aromatic rings. The van der Waals surface area contributed by atoms with Crippen molar-refractivity contribution in [3.05, 3.63) is 24.3 Å². The summed E-state index contributed by atoms with van der Waals surface area (Å²) in [6.45, 7) is 5.87. The van der Waals surface area contributed by atoms with Crippen LogP contribution in [0.25, 0.3) is 0 Å². The second-order valence-corrected chi connectivity index (χ2v) is 7.50. The van der Waals surface area contributed by atoms with Crippen LogP contribution in [0.5, 0.6) is 0 Å². The Labute approximate surface area is 150 Å². The topological polar surface area (TPSA) is 52.7 Å². The van der Waals surface area contributed by atoms with Crippen molar-refractivity contribution in [2.24, 2.45) is 5.92 Å². The van der Waals surface area contributed by atoms with E-state index in [9.17, 15) is 9.59 Å². The number of amides is 2. The normalized spacial score (nSPS) is 21.4. The monoisotopic (exact) mass is 343 g/mol. The van der Waals surface area contributed by atoms with Gasteiger partial charge in [-0.15, -0.1) is 0 Å². The van der Waals surface area contributed by atoms with E-state index >= 15 is 0 Å². The first-order valence-corrected chi connectivity index (χ1v) is 9.50. The molecule has 0 aliphatic carbocycles. The minimum absolute atomic E-state index is 0.0218. The van der Waals surface area contributed by atoms with Gasteiger partial charge < -0.3 is 15.1 Å². The fourth-order valence-electron chi connectivity index (χ4n) is 3.62. The molecule has 25 heavy (non-hydrogen) atoms. The van der Waals surface area contributed by atoms with Crippen LogP contribution >= 0.6 is 0 Å². The summed E-state index contributed by atoms with van der Waals surface area (Å²) in [4.78, 5) is 29.0. The molecule has 2 heterocycles. The molecule has 5 heteroatoms. The third-order valence-electron chi connectivity index (χ3n) is 5.27. The van der Waals surface area contributed by atoms with Crippen LogP contribution in [-0.2, 0) is 9.59 Å². The lowest BCUT2D eigenvalue weighted by atomic mass is 9.99. The van der Waals surface area contributed by atoms with Gasteiger partial charge in [-0.05, 0) is 30.9 Å². The van der Waals surface area contributed by atoms with E-state index in [1.165, 1.54) is 0 Å². The second kappa shape index (κ2) is 7.89. The van der Waals surface area contributed by atoms with Crippen molar-refractivity contribution in [2.45, 2.75) is 52.0 Å². The maximum atomic E-state index is 13.0. The number of likely N-dealkylation sites (tertiary alicyclic amines) is 1. The summed E-state index contributed by atoms with van der Waals surface area (Å²) in [6.07, 6.45) is 4.76. The number of hydrogen-bond donors (Lipinski definition) is 1. The summed E-state index contributed by atoms with van der Waals surface area (Å²) < 4.78 is 0. The van der Waals surface area contributed by atoms with E-state index in [1.54, 1.807) is 4.90 Å². The quantitative estimate of drug-likeness (QED) is 0.916. The van der Waals surface area contributed by atoms with Gasteiger partial charge in [0.1, 0.15) is 6.54 Å². The van der Waals surface area contributed by atoms with Crippen molar-refractivity contribution in [3.63, 3.8) is 0 Å². The van der Waals surface area contributed by atoms with E-state index in [2.05, 4.69) is 19.2 Å². The fourth-order valence-corrected chi connectivity index (χ4v) is 3.62. The van der Waals surface area contributed by atoms with Crippen molar-refractivity contribution < 1.29 is 9.59 Å². The predicted octanol–water partition coefficient (Wildman–Crippen LogP) is 3.26. The molecule has 2 aliphatic heterocycles. The molecular formula is C20H29N3O2. The third kappa shape index (κ3) is 4.14. The Morgan fingerprint density at radius 2 is 1.96 bits per heavy atom. The van der Waals surface area contributed by atoms with Crippen LogP contribution in [0.2, 0.25) is 0 Å². The highest BCUT2D eigenvalue weighted by Crippen LogP contribution is 2.32. The molecule has 1 unspecified atom stereocenters. The zero-order valence-corrected chi connectivity index (χ0v) is 15.3. The van der Waals surface area contributed by atoms with Crippen LogP contribution in [0, 0.1) is 5.92 Å². The molecule has 0 bridgehead atoms. The Morgan fingerprint density at radius 3 is 2.76 bits per heavy atom. The van der Waals surface area contributed by atoms with Crippen molar-refractivity contribution in [1.82, 2.24) is 4.90 Å². The van der Waals surface area contributed by atoms with Crippen LogP contribution in [0.3, 0.4) is 0 Å². The molecule has 2 amide bonds. The van der Waals surface area contributed by atoms with Gasteiger partial charge in [0, 0.05) is 25.6 Å². The minimum Gasteiger partial charge on any atom is -0.379 e. The van der Waals surface area contributed by atoms with Crippen molar-refractivity contribution >= 4 is 23.2 Å². The lowest BCUT2D eigenvalue weighted by molar-refractivity contribution is -0.135. The molecule has 136 valence electrons. The lowest BCUT2D eigenvalue weighted by Crippen LogP contribution is -2.50. The molecular weight excluding hydrogens is 314 g/mol. The molecule has 1 aromatic carbocycles. The van der Waals surface area contributed by atoms with E-state index in [-0.39, 0.29) is 24.4 Å². The molecule has 1 saturated heterocycles. The van der Waals surface area contributed by atoms with Crippen LogP contribution < -0.4 is 10.2 Å². The Morgan fingerprint density at radius 1 is 1.20 bits per heavy atom. The third-order valence-corrected chi connectivity index (χ3v) is 5.27. The molecule has 1 atom stereocenters. The van der Waals surface area contributed by atoms with Gasteiger partial charge >= 0.3 is 0 Å². The van der Waals surface area contributed by atoms with E-state index in [1.807, 2.05) is 29.2 Å². The van der Waals surface area contributed by atoms with Gasteiger partial charge in [-0.2, -0.15) is 0 Å². The van der Waals surface area contributed by atoms with Crippen LogP contribution in [0.15, 0.2) is 24.3 Å². The number of carbonyl (C=O) groups is 2. The number of nitrogens with one attached hydrogen (secondary N) is 1. The molecule has 0 aromatic heterocycles. The maximum Gasteiger partial charge on any atom is 0.246 e. The standard InChI is InChI=1S/C20H29N3O2/c1-15(2)17-13-23(18-10-7-6-9-16(18)21-17)20(25)14-22-12-8-4-3-5-11-19(22)24/h6-7,9-10,15,17,21H,3-5,8,11-14H2,1-2H3. The van der Waals surface area contributed by atoms with Gasteiger partial charge in [-0.1, -0.05) is 38.8 Å². The number of para-hydroxylation sites is 2. The van der Waals surface area contributed by atoms with Crippen LogP contribution in [0.4, 0.5) is 11.4 Å². The molecule has 0 saturated carbocycles. The number of anilines is 2. The van der Waals surface area contributed by atoms with Gasteiger partial charge in [-0.3, -0.25) is 9.59 Å². The predicted molar refractivity (Wildman–Crippen MR) is 101 cm³/mol. The highest BCUT2D eigenvalue weighted by molar-refractivity contribution is 6.00. The van der Waals surface area contributed by atoms with Gasteiger partial charge in [0.15, 0.2) is 0 Å². The summed E-state index contributed by atoms with van der Waals surface area (Å²) in [6, 6.07) is 8.16. The largest absolute Gasteiger partial charge is 0.379 e. The highest BCUT2D eigenvalue weighted by atomic mass is 16.2. The Bertz CT molecular complexity index is 629. The van der Waals surface area contributed by atoms with Crippen LogP contribution in [-0.4, -0.2) is 42.4 Å². The number of benzene rings is 1. The molecule has 1 fully saturated rings. The Hall–Kier alpha value is -2.04. The smallest absolute Gasteiger partial charge is 0.246 e. The number of nitrogens with zero attached hydrogens (tertiary/aromatic N) is 2. The summed E-state index contributed by atoms with van der Waals surface area (Å²) >= 11 is 0. The number of fused-ring (bicyclic) bond motifs is 1. The minimum atomic E-state index is 0.0218. The van der Waals surface area contributed by atoms with Crippen molar-refractivity contribution in [1.29, 1.82) is 0 Å². The summed E-state index contributed by atoms with van der Waals surface area (Å²) in [5.74, 6) is 0.567. The Balaban J connectivity index is 1.76. The molecule has 2 aliphatic rings. The van der Waals surface area contributed by atoms with E-state index in [4.69, 9.17) is 0 Å². The van der Waals surface area contributed by atoms with E-state index in [0.29, 0.717) is 25.4 Å². The summed E-state index contributed by atoms with van der Waals surface area (Å²) in [5.41, 5.74) is 1.92. The van der Waals surface area contributed by atoms with Gasteiger partial charge in [0.05, 0.1) is 11.4 Å². The highest BCUT2D eigenvalue weighted by Gasteiger charge is 2.31. The molecule has 1 N–H and O–H groups in total. The molecule has 0 radical (unpaired) electrons. The first kappa shape index (κ1) is 17.8. The number of hydrogen-bond acceptors (Lipinski definition) is 3. The second-order valence-electron chi connectivity index (χ2n) is 7.50. The van der Waals surface area contributed by atoms with E-state index in [0.717, 1.165) is 37.1 Å². The zero-order chi connectivity index (χ0) is 17.8. The molecule has 3 rings (SSSR count). The molecule has 5 nitrogen and oxygen atoms in total. The van der Waals surface area contributed by atoms with Crippen molar-refractivity contribution in [2.75, 3.05) is 29.9 Å². The zero-order valence-electron chi connectivity index (χ0n) is 15.3. The van der Waals surface area contributed by atoms with Crippen LogP contribution in [0.1, 0.15) is 46.0 Å². The van der Waals surface area contributed by atoms with Crippen molar-refractivity contribution in [3.8, 4) is 0 Å². The van der Waals surface area contributed by atoms with E-state index < -0.39 is 0 Å². The molecule has 0 spiro atoms. The fraction of sp³-hybridized carbons (Fsp3) is 0.600. The lowest BCUT2D eigenvalue weighted by Gasteiger charge is -2.38. The van der Waals surface area contributed by atoms with Gasteiger partial charge in [-0.25, -0.2) is 0 Å². The first-order valence-electron chi connectivity index (χ1n) is 9.50. The SMILES string of the molecule is CC(C)C1CN(C(=O)CN2CCCCCCC2=O)c2ccccc2N1. The first-order chi connectivity index (χ1) is 12.1. The number of rotatable bonds is 3.